The molecule has 0 N–H and O–H groups in total. The second kappa shape index (κ2) is 8.31. The number of amides is 1. The molecule has 2 heterocycles. The fraction of sp³-hybridized carbons (Fsp3) is 0.632. The number of ether oxygens (including phenoxy) is 1. The van der Waals surface area contributed by atoms with Crippen LogP contribution in [0.15, 0.2) is 23.1 Å². The van der Waals surface area contributed by atoms with Crippen molar-refractivity contribution in [1.29, 1.82) is 0 Å². The summed E-state index contributed by atoms with van der Waals surface area (Å²) in [4.78, 5) is 15.8. The van der Waals surface area contributed by atoms with Gasteiger partial charge >= 0.3 is 0 Å². The molecule has 144 valence electrons. The van der Waals surface area contributed by atoms with Crippen LogP contribution in [0.2, 0.25) is 0 Å². The van der Waals surface area contributed by atoms with Crippen molar-refractivity contribution >= 4 is 27.5 Å². The number of sulfone groups is 1. The molecule has 3 rings (SSSR count). The van der Waals surface area contributed by atoms with Gasteiger partial charge in [-0.15, -0.1) is 11.8 Å². The number of aryl methyl sites for hydroxylation is 2. The Balaban J connectivity index is 1.67. The maximum absolute atomic E-state index is 12.9. The predicted molar refractivity (Wildman–Crippen MR) is 104 cm³/mol. The first kappa shape index (κ1) is 19.7. The van der Waals surface area contributed by atoms with Crippen LogP contribution < -0.4 is 0 Å². The summed E-state index contributed by atoms with van der Waals surface area (Å²) in [6.45, 7) is 5.34. The van der Waals surface area contributed by atoms with E-state index < -0.39 is 9.84 Å². The van der Waals surface area contributed by atoms with Gasteiger partial charge in [0.25, 0.3) is 0 Å². The third-order valence-corrected chi connectivity index (χ3v) is 7.99. The van der Waals surface area contributed by atoms with E-state index in [1.165, 1.54) is 17.3 Å². The second-order valence-electron chi connectivity index (χ2n) is 7.30. The first-order valence-electron chi connectivity index (χ1n) is 9.15. The zero-order valence-electron chi connectivity index (χ0n) is 15.4. The quantitative estimate of drug-likeness (QED) is 0.691. The van der Waals surface area contributed by atoms with E-state index in [4.69, 9.17) is 4.74 Å². The summed E-state index contributed by atoms with van der Waals surface area (Å²) in [5, 5.41) is 0. The lowest BCUT2D eigenvalue weighted by Crippen LogP contribution is -2.46. The average Bonchev–Trinajstić information content (AvgIpc) is 3.20. The Morgan fingerprint density at radius 1 is 1.31 bits per heavy atom. The van der Waals surface area contributed by atoms with Crippen LogP contribution in [-0.4, -0.2) is 61.8 Å². The lowest BCUT2D eigenvalue weighted by atomic mass is 10.1. The standard InChI is InChI=1S/C19H27NO4S2/c1-14-5-6-18(15(2)10-14)25-12-19(21)20(11-17-4-3-8-24-17)16-7-9-26(22,23)13-16/h5-6,10,16-17H,3-4,7-9,11-13H2,1-2H3. The molecule has 2 saturated heterocycles. The van der Waals surface area contributed by atoms with Crippen molar-refractivity contribution in [3.8, 4) is 0 Å². The number of benzene rings is 1. The molecular weight excluding hydrogens is 370 g/mol. The van der Waals surface area contributed by atoms with E-state index in [0.717, 1.165) is 29.9 Å². The average molecular weight is 398 g/mol. The zero-order valence-corrected chi connectivity index (χ0v) is 17.1. The third kappa shape index (κ3) is 5.02. The number of hydrogen-bond acceptors (Lipinski definition) is 5. The molecule has 0 aliphatic carbocycles. The number of thioether (sulfide) groups is 1. The summed E-state index contributed by atoms with van der Waals surface area (Å²) in [5.41, 5.74) is 2.37. The van der Waals surface area contributed by atoms with Gasteiger partial charge in [-0.1, -0.05) is 17.7 Å². The highest BCUT2D eigenvalue weighted by atomic mass is 32.2. The molecule has 2 aliphatic rings. The van der Waals surface area contributed by atoms with Crippen molar-refractivity contribution in [2.75, 3.05) is 30.4 Å². The van der Waals surface area contributed by atoms with Gasteiger partial charge in [0.05, 0.1) is 23.4 Å². The summed E-state index contributed by atoms with van der Waals surface area (Å²) < 4.78 is 29.5. The molecule has 1 amide bonds. The Morgan fingerprint density at radius 3 is 2.73 bits per heavy atom. The topological polar surface area (TPSA) is 63.7 Å². The largest absolute Gasteiger partial charge is 0.376 e. The van der Waals surface area contributed by atoms with E-state index in [2.05, 4.69) is 13.0 Å². The van der Waals surface area contributed by atoms with Crippen molar-refractivity contribution < 1.29 is 17.9 Å². The van der Waals surface area contributed by atoms with E-state index in [0.29, 0.717) is 18.7 Å². The lowest BCUT2D eigenvalue weighted by Gasteiger charge is -2.30. The molecule has 2 atom stereocenters. The van der Waals surface area contributed by atoms with Crippen LogP contribution in [0.25, 0.3) is 0 Å². The highest BCUT2D eigenvalue weighted by Gasteiger charge is 2.36. The van der Waals surface area contributed by atoms with Crippen molar-refractivity contribution in [2.24, 2.45) is 0 Å². The molecule has 0 radical (unpaired) electrons. The maximum Gasteiger partial charge on any atom is 0.233 e. The van der Waals surface area contributed by atoms with Crippen LogP contribution in [0.3, 0.4) is 0 Å². The van der Waals surface area contributed by atoms with Gasteiger partial charge in [-0.05, 0) is 44.7 Å². The first-order chi connectivity index (χ1) is 12.3. The van der Waals surface area contributed by atoms with E-state index in [-0.39, 0.29) is 29.6 Å². The molecule has 0 saturated carbocycles. The normalized spacial score (nSPS) is 24.7. The zero-order chi connectivity index (χ0) is 18.7. The summed E-state index contributed by atoms with van der Waals surface area (Å²) in [6, 6.07) is 6.00. The molecule has 2 fully saturated rings. The van der Waals surface area contributed by atoms with Crippen molar-refractivity contribution in [3.05, 3.63) is 29.3 Å². The van der Waals surface area contributed by atoms with Crippen LogP contribution in [0.4, 0.5) is 0 Å². The minimum absolute atomic E-state index is 0.00701. The van der Waals surface area contributed by atoms with Crippen LogP contribution in [-0.2, 0) is 19.4 Å². The van der Waals surface area contributed by atoms with Gasteiger partial charge in [-0.2, -0.15) is 0 Å². The van der Waals surface area contributed by atoms with E-state index >= 15 is 0 Å². The summed E-state index contributed by atoms with van der Waals surface area (Å²) in [7, 11) is -3.03. The van der Waals surface area contributed by atoms with Crippen molar-refractivity contribution in [3.63, 3.8) is 0 Å². The van der Waals surface area contributed by atoms with Gasteiger partial charge in [0, 0.05) is 24.1 Å². The van der Waals surface area contributed by atoms with Gasteiger partial charge in [0.1, 0.15) is 0 Å². The van der Waals surface area contributed by atoms with E-state index in [1.54, 1.807) is 4.90 Å². The van der Waals surface area contributed by atoms with Gasteiger partial charge in [-0.25, -0.2) is 8.42 Å². The van der Waals surface area contributed by atoms with Gasteiger partial charge < -0.3 is 9.64 Å². The molecule has 2 unspecified atom stereocenters. The van der Waals surface area contributed by atoms with Crippen molar-refractivity contribution in [2.45, 2.75) is 50.2 Å². The maximum atomic E-state index is 12.9. The Labute approximate surface area is 160 Å². The van der Waals surface area contributed by atoms with Crippen molar-refractivity contribution in [1.82, 2.24) is 4.90 Å². The van der Waals surface area contributed by atoms with Crippen LogP contribution in [0, 0.1) is 13.8 Å². The fourth-order valence-corrected chi connectivity index (χ4v) is 6.29. The number of carbonyl (C=O) groups is 1. The number of rotatable bonds is 6. The Hall–Kier alpha value is -1.05. The molecule has 0 spiro atoms. The second-order valence-corrected chi connectivity index (χ2v) is 10.5. The molecule has 0 aromatic heterocycles. The Bertz CT molecular complexity index is 757. The molecule has 26 heavy (non-hydrogen) atoms. The van der Waals surface area contributed by atoms with E-state index in [1.807, 2.05) is 19.1 Å². The molecule has 5 nitrogen and oxygen atoms in total. The number of nitrogens with zero attached hydrogens (tertiary/aromatic N) is 1. The number of carbonyl (C=O) groups excluding carboxylic acids is 1. The van der Waals surface area contributed by atoms with Gasteiger partial charge in [-0.3, -0.25) is 4.79 Å². The molecule has 2 aliphatic heterocycles. The number of hydrogen-bond donors (Lipinski definition) is 0. The van der Waals surface area contributed by atoms with Gasteiger partial charge in [0.2, 0.25) is 5.91 Å². The first-order valence-corrected chi connectivity index (χ1v) is 12.0. The lowest BCUT2D eigenvalue weighted by molar-refractivity contribution is -0.131. The van der Waals surface area contributed by atoms with Crippen LogP contribution in [0.1, 0.15) is 30.4 Å². The molecule has 7 heteroatoms. The highest BCUT2D eigenvalue weighted by molar-refractivity contribution is 8.00. The van der Waals surface area contributed by atoms with Crippen LogP contribution >= 0.6 is 11.8 Å². The van der Waals surface area contributed by atoms with Gasteiger partial charge in [0.15, 0.2) is 9.84 Å². The molecule has 0 bridgehead atoms. The molecule has 1 aromatic carbocycles. The Morgan fingerprint density at radius 2 is 2.12 bits per heavy atom. The monoisotopic (exact) mass is 397 g/mol. The predicted octanol–water partition coefficient (Wildman–Crippen LogP) is 2.59. The molecule has 1 aromatic rings. The van der Waals surface area contributed by atoms with Crippen LogP contribution in [0.5, 0.6) is 0 Å². The summed E-state index contributed by atoms with van der Waals surface area (Å²) >= 11 is 1.53. The smallest absolute Gasteiger partial charge is 0.233 e. The van der Waals surface area contributed by atoms with E-state index in [9.17, 15) is 13.2 Å². The minimum Gasteiger partial charge on any atom is -0.376 e. The summed E-state index contributed by atoms with van der Waals surface area (Å²) in [6.07, 6.45) is 2.52. The fourth-order valence-electron chi connectivity index (χ4n) is 3.67. The molecular formula is C19H27NO4S2. The SMILES string of the molecule is Cc1ccc(SCC(=O)N(CC2CCCO2)C2CCS(=O)(=O)C2)c(C)c1. The Kier molecular flexibility index (Phi) is 6.30. The minimum atomic E-state index is -3.03. The highest BCUT2D eigenvalue weighted by Crippen LogP contribution is 2.26. The third-order valence-electron chi connectivity index (χ3n) is 5.08. The summed E-state index contributed by atoms with van der Waals surface area (Å²) in [5.74, 6) is 0.594.